The van der Waals surface area contributed by atoms with Gasteiger partial charge in [-0.25, -0.2) is 4.98 Å². The number of nitrogens with zero attached hydrogens (tertiary/aromatic N) is 8. The van der Waals surface area contributed by atoms with E-state index in [-0.39, 0.29) is 18.4 Å². The molecule has 2 atom stereocenters. The van der Waals surface area contributed by atoms with Gasteiger partial charge in [0, 0.05) is 99.4 Å². The summed E-state index contributed by atoms with van der Waals surface area (Å²) in [6.45, 7) is 9.33. The summed E-state index contributed by atoms with van der Waals surface area (Å²) in [5.41, 5.74) is 5.69. The first-order valence-corrected chi connectivity index (χ1v) is 24.2. The fraction of sp³-hybridized carbons (Fsp3) is 0.356. The molecule has 0 bridgehead atoms. The average Bonchev–Trinajstić information content (AvgIpc) is 3.99. The number of aryl methyl sites for hydroxylation is 1. The van der Waals surface area contributed by atoms with Gasteiger partial charge in [-0.15, -0.1) is 0 Å². The first-order valence-electron chi connectivity index (χ1n) is 21.2. The minimum atomic E-state index is -2.60. The molecule has 9 rings (SSSR count). The van der Waals surface area contributed by atoms with Crippen LogP contribution < -0.4 is 35.8 Å². The second-order valence-corrected chi connectivity index (χ2v) is 20.6. The summed E-state index contributed by atoms with van der Waals surface area (Å²) >= 11 is 6.57. The molecule has 0 saturated carbocycles. The van der Waals surface area contributed by atoms with E-state index in [0.717, 1.165) is 79.6 Å². The number of halogens is 1. The van der Waals surface area contributed by atoms with Crippen molar-refractivity contribution in [3.63, 3.8) is 0 Å². The lowest BCUT2D eigenvalue weighted by Crippen LogP contribution is -2.54. The highest BCUT2D eigenvalue weighted by Crippen LogP contribution is 2.42. The van der Waals surface area contributed by atoms with Crippen LogP contribution in [0.3, 0.4) is 0 Å². The molecule has 64 heavy (non-hydrogen) atoms. The van der Waals surface area contributed by atoms with Crippen LogP contribution in [0.25, 0.3) is 11.1 Å². The number of imide groups is 2. The van der Waals surface area contributed by atoms with Gasteiger partial charge < -0.3 is 29.7 Å². The van der Waals surface area contributed by atoms with Crippen LogP contribution in [0.4, 0.5) is 34.5 Å². The fourth-order valence-corrected chi connectivity index (χ4v) is 10.4. The van der Waals surface area contributed by atoms with Gasteiger partial charge in [-0.2, -0.15) is 10.1 Å². The molecule has 5 aromatic rings. The molecule has 3 fully saturated rings. The van der Waals surface area contributed by atoms with Gasteiger partial charge >= 0.3 is 0 Å². The molecule has 17 nitrogen and oxygen atoms in total. The molecule has 0 spiro atoms. The number of nitrogens with one attached hydrogen (secondary N) is 3. The van der Waals surface area contributed by atoms with Crippen molar-refractivity contribution in [2.24, 2.45) is 13.0 Å². The predicted octanol–water partition coefficient (Wildman–Crippen LogP) is 5.32. The standard InChI is InChI=1S/C45H49ClN11O6P/c1-53-26-28(22-48-53)31-20-35(50-45-47-23-33(46)41(52-45)49-34-7-5-6-8-39(34)64(3,4)62)38(63-2)21-37(31)55-17-15-54(16-18-55)24-27-13-14-56(25-27)29-9-10-30-32(19-29)44(61)57(43(30)60)36-11-12-40(58)51-42(36)59/h5-10,19-23,26-27,36H,11-18,24-25H2,1-4H3,(H,51,58,59)(H2,47,49,50,52). The number of methoxy groups -OCH3 is 1. The Morgan fingerprint density at radius 2 is 1.66 bits per heavy atom. The van der Waals surface area contributed by atoms with Crippen LogP contribution in [0.15, 0.2) is 73.2 Å². The summed E-state index contributed by atoms with van der Waals surface area (Å²) in [5.74, 6) is -0.342. The zero-order valence-electron chi connectivity index (χ0n) is 36.0. The second-order valence-electron chi connectivity index (χ2n) is 17.0. The smallest absolute Gasteiger partial charge is 0.262 e. The van der Waals surface area contributed by atoms with Gasteiger partial charge in [0.15, 0.2) is 5.82 Å². The highest BCUT2D eigenvalue weighted by molar-refractivity contribution is 7.70. The maximum atomic E-state index is 13.5. The Hall–Kier alpha value is -6.29. The number of hydrogen-bond acceptors (Lipinski definition) is 14. The SMILES string of the molecule is COc1cc(N2CCN(CC3CCN(c4ccc5c(c4)C(=O)N(C4CCC(=O)NC4=O)C5=O)C3)CC2)c(-c2cnn(C)c2)cc1Nc1ncc(Cl)c(Nc2ccccc2P(C)(C)=O)n1. The van der Waals surface area contributed by atoms with E-state index in [0.29, 0.717) is 50.7 Å². The molecule has 332 valence electrons. The number of carbonyl (C=O) groups is 4. The van der Waals surface area contributed by atoms with Crippen LogP contribution in [-0.4, -0.2) is 125 Å². The Morgan fingerprint density at radius 1 is 0.875 bits per heavy atom. The van der Waals surface area contributed by atoms with E-state index in [9.17, 15) is 23.7 Å². The molecule has 2 aromatic heterocycles. The number of ether oxygens (including phenoxy) is 1. The Bertz CT molecular complexity index is 2730. The summed E-state index contributed by atoms with van der Waals surface area (Å²) in [6.07, 6.45) is 6.54. The molecule has 4 aliphatic heterocycles. The van der Waals surface area contributed by atoms with E-state index < -0.39 is 36.8 Å². The number of aromatic nitrogens is 4. The lowest BCUT2D eigenvalue weighted by molar-refractivity contribution is -0.136. The number of carbonyl (C=O) groups excluding carboxylic acids is 4. The fourth-order valence-electron chi connectivity index (χ4n) is 9.11. The van der Waals surface area contributed by atoms with Gasteiger partial charge in [-0.1, -0.05) is 23.7 Å². The van der Waals surface area contributed by atoms with Crippen molar-refractivity contribution in [3.8, 4) is 16.9 Å². The van der Waals surface area contributed by atoms with Crippen molar-refractivity contribution >= 4 is 82.2 Å². The van der Waals surface area contributed by atoms with Crippen LogP contribution in [-0.2, 0) is 21.2 Å². The van der Waals surface area contributed by atoms with Crippen LogP contribution in [0.2, 0.25) is 5.02 Å². The molecular formula is C45H49ClN11O6P. The Balaban J connectivity index is 0.867. The van der Waals surface area contributed by atoms with Crippen LogP contribution in [0.1, 0.15) is 40.0 Å². The summed E-state index contributed by atoms with van der Waals surface area (Å²) < 4.78 is 20.8. The number of piperidine rings is 1. The van der Waals surface area contributed by atoms with E-state index in [1.807, 2.05) is 61.9 Å². The Labute approximate surface area is 375 Å². The van der Waals surface area contributed by atoms with Crippen LogP contribution >= 0.6 is 18.7 Å². The maximum absolute atomic E-state index is 13.5. The Morgan fingerprint density at radius 3 is 2.39 bits per heavy atom. The molecule has 3 N–H and O–H groups in total. The summed E-state index contributed by atoms with van der Waals surface area (Å²) in [6, 6.07) is 15.8. The number of para-hydroxylation sites is 1. The van der Waals surface area contributed by atoms with E-state index in [2.05, 4.69) is 40.7 Å². The molecule has 2 unspecified atom stereocenters. The minimum Gasteiger partial charge on any atom is -0.494 e. The van der Waals surface area contributed by atoms with Crippen molar-refractivity contribution < 1.29 is 28.5 Å². The van der Waals surface area contributed by atoms with Crippen molar-refractivity contribution in [1.29, 1.82) is 0 Å². The first kappa shape index (κ1) is 43.0. The maximum Gasteiger partial charge on any atom is 0.262 e. The van der Waals surface area contributed by atoms with Crippen LogP contribution in [0, 0.1) is 5.92 Å². The van der Waals surface area contributed by atoms with Crippen molar-refractivity contribution in [2.45, 2.75) is 25.3 Å². The highest BCUT2D eigenvalue weighted by Gasteiger charge is 2.45. The zero-order valence-corrected chi connectivity index (χ0v) is 37.7. The minimum absolute atomic E-state index is 0.0797. The molecule has 6 heterocycles. The van der Waals surface area contributed by atoms with E-state index in [1.165, 1.54) is 6.20 Å². The summed E-state index contributed by atoms with van der Waals surface area (Å²) in [5, 5.41) is 14.3. The predicted molar refractivity (Wildman–Crippen MR) is 246 cm³/mol. The van der Waals surface area contributed by atoms with Crippen LogP contribution in [0.5, 0.6) is 5.75 Å². The van der Waals surface area contributed by atoms with Gasteiger partial charge in [0.05, 0.1) is 42.0 Å². The zero-order chi connectivity index (χ0) is 44.9. The number of rotatable bonds is 12. The first-order chi connectivity index (χ1) is 30.7. The molecule has 4 aliphatic rings. The topological polar surface area (TPSA) is 187 Å². The summed E-state index contributed by atoms with van der Waals surface area (Å²) in [4.78, 5) is 68.3. The average molecular weight is 906 g/mol. The summed E-state index contributed by atoms with van der Waals surface area (Å²) in [7, 11) is 0.923. The number of hydrogen-bond donors (Lipinski definition) is 3. The number of benzene rings is 3. The monoisotopic (exact) mass is 905 g/mol. The third-order valence-corrected chi connectivity index (χ3v) is 14.2. The Kier molecular flexibility index (Phi) is 11.7. The van der Waals surface area contributed by atoms with Gasteiger partial charge in [0.1, 0.15) is 24.0 Å². The molecule has 0 radical (unpaired) electrons. The van der Waals surface area contributed by atoms with Gasteiger partial charge in [0.2, 0.25) is 17.8 Å². The van der Waals surface area contributed by atoms with Crippen molar-refractivity contribution in [1.82, 2.24) is 34.9 Å². The van der Waals surface area contributed by atoms with Gasteiger partial charge in [0.25, 0.3) is 11.8 Å². The van der Waals surface area contributed by atoms with Crippen molar-refractivity contribution in [3.05, 3.63) is 89.3 Å². The lowest BCUT2D eigenvalue weighted by atomic mass is 10.0. The van der Waals surface area contributed by atoms with E-state index in [4.69, 9.17) is 21.3 Å². The van der Waals surface area contributed by atoms with E-state index >= 15 is 0 Å². The quantitative estimate of drug-likeness (QED) is 0.108. The normalized spacial score (nSPS) is 19.3. The molecule has 0 aliphatic carbocycles. The molecular weight excluding hydrogens is 857 g/mol. The third-order valence-electron chi connectivity index (χ3n) is 12.4. The molecule has 3 saturated heterocycles. The third kappa shape index (κ3) is 8.54. The van der Waals surface area contributed by atoms with Gasteiger partial charge in [-0.3, -0.25) is 39.0 Å². The number of amides is 4. The van der Waals surface area contributed by atoms with Crippen molar-refractivity contribution in [2.75, 3.05) is 86.7 Å². The number of piperazine rings is 1. The largest absolute Gasteiger partial charge is 0.494 e. The lowest BCUT2D eigenvalue weighted by Gasteiger charge is -2.38. The molecule has 4 amide bonds. The van der Waals surface area contributed by atoms with E-state index in [1.54, 1.807) is 37.3 Å². The van der Waals surface area contributed by atoms with Gasteiger partial charge in [-0.05, 0) is 68.5 Å². The second kappa shape index (κ2) is 17.4. The molecule has 3 aromatic carbocycles. The highest BCUT2D eigenvalue weighted by atomic mass is 35.5. The number of fused-ring (bicyclic) bond motifs is 1. The number of anilines is 6. The molecule has 19 heteroatoms.